The van der Waals surface area contributed by atoms with Gasteiger partial charge in [0, 0.05) is 5.31 Å². The summed E-state index contributed by atoms with van der Waals surface area (Å²) in [5.74, 6) is -0.394. The molecule has 0 aromatic carbocycles. The van der Waals surface area contributed by atoms with E-state index in [4.69, 9.17) is 9.79 Å². The average Bonchev–Trinajstić information content (AvgIpc) is 2.00. The average molecular weight is 233 g/mol. The lowest BCUT2D eigenvalue weighted by atomic mass is 10.1. The first kappa shape index (κ1) is 14.1. The van der Waals surface area contributed by atoms with Crippen LogP contribution in [-0.2, 0) is 9.36 Å². The van der Waals surface area contributed by atoms with Gasteiger partial charge in [0.15, 0.2) is 0 Å². The molecule has 0 atom stereocenters. The molecule has 0 spiro atoms. The first-order valence-electron chi connectivity index (χ1n) is 4.28. The molecule has 0 aliphatic rings. The van der Waals surface area contributed by atoms with Gasteiger partial charge in [0.2, 0.25) is 5.91 Å². The van der Waals surface area contributed by atoms with Crippen molar-refractivity contribution >= 4 is 13.5 Å². The quantitative estimate of drug-likeness (QED) is 0.502. The molecule has 1 amide bonds. The van der Waals surface area contributed by atoms with Gasteiger partial charge in [-0.05, 0) is 32.9 Å². The molecule has 6 heteroatoms. The normalized spacial score (nSPS) is 13.5. The molecule has 0 saturated heterocycles. The third kappa shape index (κ3) is 5.52. The number of carbonyl (C=O) groups is 1. The number of carbonyl (C=O) groups excluding carboxylic acids is 1. The van der Waals surface area contributed by atoms with E-state index in [0.717, 1.165) is 6.08 Å². The first-order valence-corrected chi connectivity index (χ1v) is 5.90. The summed E-state index contributed by atoms with van der Waals surface area (Å²) < 4.78 is 10.9. The van der Waals surface area contributed by atoms with Crippen molar-refractivity contribution < 1.29 is 19.1 Å². The second-order valence-corrected chi connectivity index (χ2v) is 5.54. The molecule has 0 aliphatic carbocycles. The Morgan fingerprint density at radius 3 is 2.27 bits per heavy atom. The molecular weight excluding hydrogens is 217 g/mol. The van der Waals surface area contributed by atoms with E-state index in [1.54, 1.807) is 13.8 Å². The van der Waals surface area contributed by atoms with Crippen molar-refractivity contribution in [2.75, 3.05) is 0 Å². The van der Waals surface area contributed by atoms with E-state index in [1.165, 1.54) is 13.0 Å². The zero-order valence-corrected chi connectivity index (χ0v) is 9.91. The molecule has 0 rings (SSSR count). The molecule has 5 nitrogen and oxygen atoms in total. The predicted octanol–water partition coefficient (Wildman–Crippen LogP) is 1.15. The molecule has 0 bridgehead atoms. The Bertz CT molecular complexity index is 340. The van der Waals surface area contributed by atoms with Crippen LogP contribution in [0.2, 0.25) is 0 Å². The van der Waals surface area contributed by atoms with Crippen LogP contribution in [0.5, 0.6) is 0 Å². The Hall–Kier alpha value is -0.900. The standard InChI is InChI=1S/C9H16NO4P/c1-5-8(11)10-9(3,4)6-7(2)15(12,13)14/h5-6H,1H2,2-4H3,(H,10,11)(H2,12,13,14). The molecule has 86 valence electrons. The highest BCUT2D eigenvalue weighted by molar-refractivity contribution is 7.56. The smallest absolute Gasteiger partial charge is 0.344 e. The van der Waals surface area contributed by atoms with E-state index >= 15 is 0 Å². The fraction of sp³-hybridized carbons (Fsp3) is 0.444. The summed E-state index contributed by atoms with van der Waals surface area (Å²) in [6.45, 7) is 7.87. The van der Waals surface area contributed by atoms with Gasteiger partial charge in [-0.3, -0.25) is 9.36 Å². The van der Waals surface area contributed by atoms with Gasteiger partial charge in [-0.15, -0.1) is 0 Å². The summed E-state index contributed by atoms with van der Waals surface area (Å²) in [5.41, 5.74) is -0.823. The maximum absolute atomic E-state index is 11.0. The molecule has 0 heterocycles. The van der Waals surface area contributed by atoms with Crippen molar-refractivity contribution in [2.45, 2.75) is 26.3 Å². The van der Waals surface area contributed by atoms with E-state index in [2.05, 4.69) is 11.9 Å². The number of rotatable bonds is 4. The van der Waals surface area contributed by atoms with Crippen molar-refractivity contribution in [1.82, 2.24) is 5.32 Å². The maximum atomic E-state index is 11.0. The van der Waals surface area contributed by atoms with E-state index in [-0.39, 0.29) is 5.31 Å². The molecule has 0 aromatic rings. The van der Waals surface area contributed by atoms with Crippen LogP contribution in [0.25, 0.3) is 0 Å². The zero-order chi connectivity index (χ0) is 12.3. The minimum absolute atomic E-state index is 0.0723. The second-order valence-electron chi connectivity index (χ2n) is 3.74. The Kier molecular flexibility index (Phi) is 4.46. The third-order valence-electron chi connectivity index (χ3n) is 1.66. The van der Waals surface area contributed by atoms with Crippen molar-refractivity contribution in [3.63, 3.8) is 0 Å². The van der Waals surface area contributed by atoms with Crippen molar-refractivity contribution in [1.29, 1.82) is 0 Å². The van der Waals surface area contributed by atoms with Gasteiger partial charge in [-0.1, -0.05) is 6.58 Å². The van der Waals surface area contributed by atoms with E-state index in [0.29, 0.717) is 0 Å². The van der Waals surface area contributed by atoms with Crippen molar-refractivity contribution in [3.8, 4) is 0 Å². The van der Waals surface area contributed by atoms with E-state index in [9.17, 15) is 9.36 Å². The van der Waals surface area contributed by atoms with Crippen LogP contribution in [0.15, 0.2) is 24.0 Å². The number of hydrogen-bond acceptors (Lipinski definition) is 2. The number of nitrogens with one attached hydrogen (secondary N) is 1. The van der Waals surface area contributed by atoms with Crippen LogP contribution in [0.3, 0.4) is 0 Å². The largest absolute Gasteiger partial charge is 0.351 e. The molecule has 0 fully saturated rings. The fourth-order valence-corrected chi connectivity index (χ4v) is 1.50. The lowest BCUT2D eigenvalue weighted by Crippen LogP contribution is -2.41. The van der Waals surface area contributed by atoms with Crippen LogP contribution in [0.4, 0.5) is 0 Å². The molecule has 0 aromatic heterocycles. The maximum Gasteiger partial charge on any atom is 0.351 e. The topological polar surface area (TPSA) is 86.6 Å². The van der Waals surface area contributed by atoms with Gasteiger partial charge < -0.3 is 15.1 Å². The van der Waals surface area contributed by atoms with Crippen molar-refractivity contribution in [2.24, 2.45) is 0 Å². The van der Waals surface area contributed by atoms with Gasteiger partial charge in [-0.2, -0.15) is 0 Å². The minimum Gasteiger partial charge on any atom is -0.344 e. The summed E-state index contributed by atoms with van der Waals surface area (Å²) in [7, 11) is -4.22. The van der Waals surface area contributed by atoms with E-state index < -0.39 is 19.0 Å². The highest BCUT2D eigenvalue weighted by atomic mass is 31.2. The van der Waals surface area contributed by atoms with E-state index in [1.807, 2.05) is 0 Å². The van der Waals surface area contributed by atoms with Crippen LogP contribution in [0.1, 0.15) is 20.8 Å². The lowest BCUT2D eigenvalue weighted by molar-refractivity contribution is -0.117. The fourth-order valence-electron chi connectivity index (χ4n) is 1.01. The van der Waals surface area contributed by atoms with Gasteiger partial charge >= 0.3 is 7.60 Å². The summed E-state index contributed by atoms with van der Waals surface area (Å²) >= 11 is 0. The third-order valence-corrected chi connectivity index (χ3v) is 2.71. The summed E-state index contributed by atoms with van der Waals surface area (Å²) in [6, 6.07) is 0. The summed E-state index contributed by atoms with van der Waals surface area (Å²) in [4.78, 5) is 28.7. The van der Waals surface area contributed by atoms with Crippen LogP contribution < -0.4 is 5.32 Å². The molecular formula is C9H16NO4P. The molecule has 3 N–H and O–H groups in total. The minimum atomic E-state index is -4.22. The van der Waals surface area contributed by atoms with Crippen LogP contribution >= 0.6 is 7.60 Å². The highest BCUT2D eigenvalue weighted by Crippen LogP contribution is 2.45. The summed E-state index contributed by atoms with van der Waals surface area (Å²) in [6.07, 6.45) is 2.43. The van der Waals surface area contributed by atoms with Gasteiger partial charge in [0.1, 0.15) is 0 Å². The lowest BCUT2D eigenvalue weighted by Gasteiger charge is -2.22. The summed E-state index contributed by atoms with van der Waals surface area (Å²) in [5, 5.41) is 2.46. The Morgan fingerprint density at radius 1 is 1.47 bits per heavy atom. The van der Waals surface area contributed by atoms with Crippen LogP contribution in [0, 0.1) is 0 Å². The number of amides is 1. The molecule has 15 heavy (non-hydrogen) atoms. The Balaban J connectivity index is 4.84. The Labute approximate surface area is 89.0 Å². The monoisotopic (exact) mass is 233 g/mol. The van der Waals surface area contributed by atoms with Gasteiger partial charge in [-0.25, -0.2) is 0 Å². The van der Waals surface area contributed by atoms with Crippen molar-refractivity contribution in [3.05, 3.63) is 24.0 Å². The highest BCUT2D eigenvalue weighted by Gasteiger charge is 2.22. The molecule has 0 saturated carbocycles. The van der Waals surface area contributed by atoms with Crippen LogP contribution in [-0.4, -0.2) is 21.2 Å². The first-order chi connectivity index (χ1) is 6.58. The second kappa shape index (κ2) is 4.75. The van der Waals surface area contributed by atoms with Gasteiger partial charge in [0.05, 0.1) is 5.54 Å². The molecule has 0 aliphatic heterocycles. The molecule has 0 unspecified atom stereocenters. The number of allylic oxidation sites excluding steroid dienone is 1. The zero-order valence-electron chi connectivity index (χ0n) is 9.02. The molecule has 0 radical (unpaired) electrons. The van der Waals surface area contributed by atoms with Gasteiger partial charge in [0.25, 0.3) is 0 Å². The number of hydrogen-bond donors (Lipinski definition) is 3. The Morgan fingerprint density at radius 2 is 1.93 bits per heavy atom. The predicted molar refractivity (Wildman–Crippen MR) is 58.2 cm³/mol. The SMILES string of the molecule is C=CC(=O)NC(C)(C)C=C(C)P(=O)(O)O.